The number of rotatable bonds is 6. The minimum Gasteiger partial charge on any atom is -0.376 e. The van der Waals surface area contributed by atoms with Crippen molar-refractivity contribution in [3.63, 3.8) is 0 Å². The van der Waals surface area contributed by atoms with Crippen LogP contribution >= 0.6 is 24.0 Å². The molecule has 2 saturated heterocycles. The monoisotopic (exact) mass is 544 g/mol. The van der Waals surface area contributed by atoms with Crippen molar-refractivity contribution < 1.29 is 14.3 Å². The third-order valence-corrected chi connectivity index (χ3v) is 5.80. The lowest BCUT2D eigenvalue weighted by atomic mass is 10.1. The summed E-state index contributed by atoms with van der Waals surface area (Å²) in [5, 5.41) is 3.45. The highest BCUT2D eigenvalue weighted by atomic mass is 127. The molecule has 1 aromatic carbocycles. The first-order valence-corrected chi connectivity index (χ1v) is 11.1. The van der Waals surface area contributed by atoms with E-state index in [0.717, 1.165) is 57.1 Å². The van der Waals surface area contributed by atoms with Gasteiger partial charge in [0.1, 0.15) is 0 Å². The van der Waals surface area contributed by atoms with Gasteiger partial charge in [0, 0.05) is 52.9 Å². The number of benzene rings is 1. The summed E-state index contributed by atoms with van der Waals surface area (Å²) in [5.74, 6) is 0.933. The number of guanidine groups is 1. The number of nitrogens with one attached hydrogen (secondary N) is 1. The summed E-state index contributed by atoms with van der Waals surface area (Å²) < 4.78 is 11.9. The number of piperidine rings is 1. The summed E-state index contributed by atoms with van der Waals surface area (Å²) in [4.78, 5) is 20.3. The van der Waals surface area contributed by atoms with Crippen LogP contribution in [0.15, 0.2) is 29.3 Å². The maximum atomic E-state index is 12.0. The molecule has 7 nitrogen and oxygen atoms in total. The van der Waals surface area contributed by atoms with Crippen molar-refractivity contribution in [2.75, 3.05) is 47.4 Å². The Kier molecular flexibility index (Phi) is 11.0. The standard InChI is InChI=1S/C23H36N4O3.HI/c1-24-23(25-16-18-7-9-19(10-8-18)22(28)26(2)3)27-13-11-20(12-14-27)30-17-21-6-4-5-15-29-21;/h7-10,20-21H,4-6,11-17H2,1-3H3,(H,24,25);1H. The molecule has 0 aromatic heterocycles. The van der Waals surface area contributed by atoms with Gasteiger partial charge in [0.15, 0.2) is 5.96 Å². The predicted molar refractivity (Wildman–Crippen MR) is 134 cm³/mol. The van der Waals surface area contributed by atoms with Crippen molar-refractivity contribution in [2.24, 2.45) is 4.99 Å². The maximum absolute atomic E-state index is 12.0. The summed E-state index contributed by atoms with van der Waals surface area (Å²) in [6.07, 6.45) is 6.17. The zero-order chi connectivity index (χ0) is 21.3. The van der Waals surface area contributed by atoms with Crippen LogP contribution < -0.4 is 5.32 Å². The molecule has 2 fully saturated rings. The molecule has 1 aromatic rings. The molecule has 31 heavy (non-hydrogen) atoms. The zero-order valence-electron chi connectivity index (χ0n) is 19.0. The first-order valence-electron chi connectivity index (χ1n) is 11.1. The topological polar surface area (TPSA) is 66.4 Å². The second-order valence-corrected chi connectivity index (χ2v) is 8.31. The van der Waals surface area contributed by atoms with Gasteiger partial charge in [-0.3, -0.25) is 9.79 Å². The van der Waals surface area contributed by atoms with Crippen LogP contribution in [-0.2, 0) is 16.0 Å². The van der Waals surface area contributed by atoms with Crippen molar-refractivity contribution in [1.82, 2.24) is 15.1 Å². The van der Waals surface area contributed by atoms with Crippen molar-refractivity contribution >= 4 is 35.8 Å². The normalized spacial score (nSPS) is 20.2. The SMILES string of the molecule is CN=C(NCc1ccc(C(=O)N(C)C)cc1)N1CCC(OCC2CCCCO2)CC1.I. The fourth-order valence-corrected chi connectivity index (χ4v) is 3.95. The largest absolute Gasteiger partial charge is 0.376 e. The highest BCUT2D eigenvalue weighted by Crippen LogP contribution is 2.18. The summed E-state index contributed by atoms with van der Waals surface area (Å²) in [7, 11) is 5.35. The van der Waals surface area contributed by atoms with E-state index < -0.39 is 0 Å². The minimum atomic E-state index is 0. The van der Waals surface area contributed by atoms with E-state index in [0.29, 0.717) is 18.2 Å². The Balaban J connectivity index is 0.00000341. The first kappa shape index (κ1) is 25.9. The Morgan fingerprint density at radius 1 is 1.19 bits per heavy atom. The smallest absolute Gasteiger partial charge is 0.253 e. The van der Waals surface area contributed by atoms with Gasteiger partial charge in [-0.05, 0) is 49.8 Å². The molecule has 1 atom stereocenters. The molecule has 1 amide bonds. The van der Waals surface area contributed by atoms with Gasteiger partial charge in [-0.1, -0.05) is 12.1 Å². The number of amides is 1. The van der Waals surface area contributed by atoms with Crippen molar-refractivity contribution in [1.29, 1.82) is 0 Å². The molecule has 3 rings (SSSR count). The molecule has 0 spiro atoms. The number of halogens is 1. The lowest BCUT2D eigenvalue weighted by molar-refractivity contribution is -0.0721. The molecule has 0 aliphatic carbocycles. The fraction of sp³-hybridized carbons (Fsp3) is 0.652. The molecule has 1 unspecified atom stereocenters. The average molecular weight is 544 g/mol. The van der Waals surface area contributed by atoms with E-state index >= 15 is 0 Å². The van der Waals surface area contributed by atoms with Crippen LogP contribution in [0.5, 0.6) is 0 Å². The van der Waals surface area contributed by atoms with Crippen LogP contribution in [0.1, 0.15) is 48.0 Å². The summed E-state index contributed by atoms with van der Waals surface area (Å²) in [6, 6.07) is 7.73. The van der Waals surface area contributed by atoms with Crippen LogP contribution in [0.3, 0.4) is 0 Å². The van der Waals surface area contributed by atoms with E-state index in [-0.39, 0.29) is 36.0 Å². The van der Waals surface area contributed by atoms with E-state index in [2.05, 4.69) is 15.2 Å². The molecule has 2 heterocycles. The number of carbonyl (C=O) groups excluding carboxylic acids is 1. The Hall–Kier alpha value is -1.39. The Bertz CT molecular complexity index is 697. The Labute approximate surface area is 203 Å². The number of hydrogen-bond acceptors (Lipinski definition) is 4. The van der Waals surface area contributed by atoms with Gasteiger partial charge >= 0.3 is 0 Å². The van der Waals surface area contributed by atoms with Gasteiger partial charge in [-0.25, -0.2) is 0 Å². The van der Waals surface area contributed by atoms with Gasteiger partial charge in [0.25, 0.3) is 5.91 Å². The first-order chi connectivity index (χ1) is 14.6. The molecule has 0 bridgehead atoms. The van der Waals surface area contributed by atoms with Crippen molar-refractivity contribution in [3.8, 4) is 0 Å². The molecular weight excluding hydrogens is 507 g/mol. The van der Waals surface area contributed by atoms with E-state index in [1.165, 1.54) is 12.8 Å². The molecular formula is C23H37IN4O3. The third kappa shape index (κ3) is 7.91. The number of aliphatic imine (C=N–C) groups is 1. The van der Waals surface area contributed by atoms with E-state index in [9.17, 15) is 4.79 Å². The van der Waals surface area contributed by atoms with Crippen molar-refractivity contribution in [2.45, 2.75) is 50.9 Å². The van der Waals surface area contributed by atoms with Crippen LogP contribution in [-0.4, -0.2) is 81.3 Å². The molecule has 1 N–H and O–H groups in total. The van der Waals surface area contributed by atoms with Crippen molar-refractivity contribution in [3.05, 3.63) is 35.4 Å². The van der Waals surface area contributed by atoms with Crippen LogP contribution in [0.4, 0.5) is 0 Å². The highest BCUT2D eigenvalue weighted by Gasteiger charge is 2.23. The third-order valence-electron chi connectivity index (χ3n) is 5.80. The molecule has 2 aliphatic rings. The number of nitrogens with zero attached hydrogens (tertiary/aromatic N) is 3. The zero-order valence-corrected chi connectivity index (χ0v) is 21.3. The summed E-state index contributed by atoms with van der Waals surface area (Å²) in [6.45, 7) is 4.16. The summed E-state index contributed by atoms with van der Waals surface area (Å²) in [5.41, 5.74) is 1.82. The molecule has 0 radical (unpaired) electrons. The maximum Gasteiger partial charge on any atom is 0.253 e. The van der Waals surface area contributed by atoms with Crippen LogP contribution in [0, 0.1) is 0 Å². The molecule has 2 aliphatic heterocycles. The van der Waals surface area contributed by atoms with Crippen LogP contribution in [0.25, 0.3) is 0 Å². The van der Waals surface area contributed by atoms with Gasteiger partial charge in [0.2, 0.25) is 0 Å². The van der Waals surface area contributed by atoms with E-state index in [4.69, 9.17) is 9.47 Å². The lowest BCUT2D eigenvalue weighted by Gasteiger charge is -2.35. The predicted octanol–water partition coefficient (Wildman–Crippen LogP) is 3.13. The summed E-state index contributed by atoms with van der Waals surface area (Å²) >= 11 is 0. The van der Waals surface area contributed by atoms with E-state index in [1.54, 1.807) is 19.0 Å². The van der Waals surface area contributed by atoms with Gasteiger partial charge in [-0.2, -0.15) is 0 Å². The van der Waals surface area contributed by atoms with Gasteiger partial charge < -0.3 is 24.6 Å². The second-order valence-electron chi connectivity index (χ2n) is 8.31. The molecule has 8 heteroatoms. The van der Waals surface area contributed by atoms with Gasteiger partial charge in [0.05, 0.1) is 18.8 Å². The number of ether oxygens (including phenoxy) is 2. The fourth-order valence-electron chi connectivity index (χ4n) is 3.95. The van der Waals surface area contributed by atoms with Gasteiger partial charge in [-0.15, -0.1) is 24.0 Å². The quantitative estimate of drug-likeness (QED) is 0.339. The number of likely N-dealkylation sites (tertiary alicyclic amines) is 1. The second kappa shape index (κ2) is 13.2. The Morgan fingerprint density at radius 2 is 1.90 bits per heavy atom. The van der Waals surface area contributed by atoms with Crippen LogP contribution in [0.2, 0.25) is 0 Å². The Morgan fingerprint density at radius 3 is 2.48 bits per heavy atom. The molecule has 174 valence electrons. The number of hydrogen-bond donors (Lipinski definition) is 1. The average Bonchev–Trinajstić information content (AvgIpc) is 2.79. The van der Waals surface area contributed by atoms with E-state index in [1.807, 2.05) is 31.3 Å². The number of carbonyl (C=O) groups is 1. The minimum absolute atomic E-state index is 0. The lowest BCUT2D eigenvalue weighted by Crippen LogP contribution is -2.47. The molecule has 0 saturated carbocycles. The highest BCUT2D eigenvalue weighted by molar-refractivity contribution is 14.0.